The van der Waals surface area contributed by atoms with Gasteiger partial charge in [0.2, 0.25) is 0 Å². The van der Waals surface area contributed by atoms with E-state index in [1.807, 2.05) is 0 Å². The quantitative estimate of drug-likeness (QED) is 0.707. The molecule has 0 atom stereocenters. The number of anilines is 1. The van der Waals surface area contributed by atoms with E-state index in [1.54, 1.807) is 0 Å². The molecule has 1 aliphatic rings. The molecule has 0 saturated carbocycles. The Balaban J connectivity index is 2.39. The molecule has 1 aromatic carbocycles. The number of nitrogens with one attached hydrogen (secondary N) is 1. The van der Waals surface area contributed by atoms with Gasteiger partial charge in [0.05, 0.1) is 0 Å². The molecule has 1 aliphatic heterocycles. The van der Waals surface area contributed by atoms with Crippen LogP contribution in [-0.2, 0) is 0 Å². The fraction of sp³-hybridized carbons (Fsp3) is 0.385. The van der Waals surface area contributed by atoms with Crippen LogP contribution in [0.1, 0.15) is 37.3 Å². The van der Waals surface area contributed by atoms with Gasteiger partial charge >= 0.3 is 0 Å². The average Bonchev–Trinajstić information content (AvgIpc) is 2.41. The van der Waals surface area contributed by atoms with E-state index in [-0.39, 0.29) is 0 Å². The molecular weight excluding hydrogens is 170 g/mol. The Kier molecular flexibility index (Phi) is 2.58. The van der Waals surface area contributed by atoms with E-state index in [2.05, 4.69) is 49.5 Å². The lowest BCUT2D eigenvalue weighted by Crippen LogP contribution is -2.00. The Morgan fingerprint density at radius 3 is 2.93 bits per heavy atom. The van der Waals surface area contributed by atoms with Gasteiger partial charge in [0, 0.05) is 12.2 Å². The van der Waals surface area contributed by atoms with E-state index in [0.717, 1.165) is 13.0 Å². The SMILES string of the molecule is CC(C)c1ccc2c(c1)NCCC=C2. The number of benzene rings is 1. The summed E-state index contributed by atoms with van der Waals surface area (Å²) < 4.78 is 0. The van der Waals surface area contributed by atoms with Crippen LogP contribution >= 0.6 is 0 Å². The van der Waals surface area contributed by atoms with Gasteiger partial charge in [-0.3, -0.25) is 0 Å². The van der Waals surface area contributed by atoms with E-state index in [4.69, 9.17) is 0 Å². The van der Waals surface area contributed by atoms with Crippen molar-refractivity contribution in [2.24, 2.45) is 0 Å². The first kappa shape index (κ1) is 9.32. The summed E-state index contributed by atoms with van der Waals surface area (Å²) in [5.41, 5.74) is 4.00. The standard InChI is InChI=1S/C13H17N/c1-10(2)12-7-6-11-5-3-4-8-14-13(11)9-12/h3,5-7,9-10,14H,4,8H2,1-2H3. The zero-order valence-corrected chi connectivity index (χ0v) is 8.88. The molecule has 0 aromatic heterocycles. The lowest BCUT2D eigenvalue weighted by Gasteiger charge is -2.11. The highest BCUT2D eigenvalue weighted by Crippen LogP contribution is 2.25. The maximum absolute atomic E-state index is 3.46. The zero-order valence-electron chi connectivity index (χ0n) is 8.88. The third kappa shape index (κ3) is 1.82. The van der Waals surface area contributed by atoms with Crippen molar-refractivity contribution in [1.82, 2.24) is 0 Å². The maximum Gasteiger partial charge on any atom is 0.0416 e. The lowest BCUT2D eigenvalue weighted by atomic mass is 10.0. The van der Waals surface area contributed by atoms with Gasteiger partial charge < -0.3 is 5.32 Å². The molecular formula is C13H17N. The van der Waals surface area contributed by atoms with E-state index in [1.165, 1.54) is 16.8 Å². The zero-order chi connectivity index (χ0) is 9.97. The summed E-state index contributed by atoms with van der Waals surface area (Å²) in [6, 6.07) is 6.70. The fourth-order valence-electron chi connectivity index (χ4n) is 1.73. The molecule has 0 unspecified atom stereocenters. The summed E-state index contributed by atoms with van der Waals surface area (Å²) in [4.78, 5) is 0. The monoisotopic (exact) mass is 187 g/mol. The summed E-state index contributed by atoms with van der Waals surface area (Å²) >= 11 is 0. The maximum atomic E-state index is 3.46. The van der Waals surface area contributed by atoms with Crippen LogP contribution in [0.15, 0.2) is 24.3 Å². The van der Waals surface area contributed by atoms with Gasteiger partial charge in [-0.1, -0.05) is 38.1 Å². The molecule has 74 valence electrons. The Hall–Kier alpha value is -1.24. The van der Waals surface area contributed by atoms with Gasteiger partial charge in [-0.25, -0.2) is 0 Å². The van der Waals surface area contributed by atoms with Crippen molar-refractivity contribution in [2.75, 3.05) is 11.9 Å². The predicted molar refractivity (Wildman–Crippen MR) is 62.7 cm³/mol. The lowest BCUT2D eigenvalue weighted by molar-refractivity contribution is 0.866. The van der Waals surface area contributed by atoms with Crippen LogP contribution in [0.4, 0.5) is 5.69 Å². The first-order valence-corrected chi connectivity index (χ1v) is 5.32. The van der Waals surface area contributed by atoms with Crippen molar-refractivity contribution in [3.63, 3.8) is 0 Å². The predicted octanol–water partition coefficient (Wildman–Crippen LogP) is 3.64. The van der Waals surface area contributed by atoms with E-state index >= 15 is 0 Å². The number of rotatable bonds is 1. The smallest absolute Gasteiger partial charge is 0.0416 e. The summed E-state index contributed by atoms with van der Waals surface area (Å²) in [5, 5.41) is 3.46. The largest absolute Gasteiger partial charge is 0.384 e. The van der Waals surface area contributed by atoms with E-state index in [9.17, 15) is 0 Å². The van der Waals surface area contributed by atoms with Crippen molar-refractivity contribution in [3.05, 3.63) is 35.4 Å². The molecule has 1 N–H and O–H groups in total. The van der Waals surface area contributed by atoms with Crippen molar-refractivity contribution in [1.29, 1.82) is 0 Å². The Bertz CT molecular complexity index is 350. The summed E-state index contributed by atoms with van der Waals surface area (Å²) in [7, 11) is 0. The highest BCUT2D eigenvalue weighted by molar-refractivity contribution is 5.68. The van der Waals surface area contributed by atoms with Gasteiger partial charge in [-0.05, 0) is 29.5 Å². The van der Waals surface area contributed by atoms with Crippen molar-refractivity contribution in [3.8, 4) is 0 Å². The van der Waals surface area contributed by atoms with E-state index < -0.39 is 0 Å². The molecule has 0 spiro atoms. The molecule has 0 fully saturated rings. The van der Waals surface area contributed by atoms with Crippen molar-refractivity contribution in [2.45, 2.75) is 26.2 Å². The van der Waals surface area contributed by atoms with Crippen LogP contribution in [0.2, 0.25) is 0 Å². The molecule has 1 aromatic rings. The van der Waals surface area contributed by atoms with Crippen LogP contribution in [0.25, 0.3) is 6.08 Å². The molecule has 1 heteroatoms. The third-order valence-electron chi connectivity index (χ3n) is 2.67. The molecule has 14 heavy (non-hydrogen) atoms. The molecule has 0 amide bonds. The molecule has 2 rings (SSSR count). The Labute approximate surface area is 85.8 Å². The highest BCUT2D eigenvalue weighted by atomic mass is 14.9. The third-order valence-corrected chi connectivity index (χ3v) is 2.67. The molecule has 1 nitrogen and oxygen atoms in total. The molecule has 1 heterocycles. The van der Waals surface area contributed by atoms with Gasteiger partial charge in [0.1, 0.15) is 0 Å². The second kappa shape index (κ2) is 3.87. The number of hydrogen-bond donors (Lipinski definition) is 1. The molecule has 0 bridgehead atoms. The van der Waals surface area contributed by atoms with Crippen molar-refractivity contribution >= 4 is 11.8 Å². The second-order valence-corrected chi connectivity index (χ2v) is 4.12. The Morgan fingerprint density at radius 2 is 2.14 bits per heavy atom. The normalized spacial score (nSPS) is 14.8. The van der Waals surface area contributed by atoms with Crippen molar-refractivity contribution < 1.29 is 0 Å². The summed E-state index contributed by atoms with van der Waals surface area (Å²) in [6.07, 6.45) is 5.55. The van der Waals surface area contributed by atoms with Crippen LogP contribution < -0.4 is 5.32 Å². The first-order valence-electron chi connectivity index (χ1n) is 5.32. The van der Waals surface area contributed by atoms with Crippen LogP contribution in [0, 0.1) is 0 Å². The Morgan fingerprint density at radius 1 is 1.29 bits per heavy atom. The van der Waals surface area contributed by atoms with Gasteiger partial charge in [-0.15, -0.1) is 0 Å². The second-order valence-electron chi connectivity index (χ2n) is 4.12. The van der Waals surface area contributed by atoms with E-state index in [0.29, 0.717) is 5.92 Å². The fourth-order valence-corrected chi connectivity index (χ4v) is 1.73. The minimum absolute atomic E-state index is 0.606. The van der Waals surface area contributed by atoms with Gasteiger partial charge in [0.25, 0.3) is 0 Å². The average molecular weight is 187 g/mol. The highest BCUT2D eigenvalue weighted by Gasteiger charge is 2.05. The van der Waals surface area contributed by atoms with Gasteiger partial charge in [-0.2, -0.15) is 0 Å². The molecule has 0 saturated heterocycles. The minimum atomic E-state index is 0.606. The van der Waals surface area contributed by atoms with Crippen LogP contribution in [-0.4, -0.2) is 6.54 Å². The first-order chi connectivity index (χ1) is 6.77. The topological polar surface area (TPSA) is 12.0 Å². The van der Waals surface area contributed by atoms with Gasteiger partial charge in [0.15, 0.2) is 0 Å². The van der Waals surface area contributed by atoms with Crippen LogP contribution in [0.3, 0.4) is 0 Å². The summed E-state index contributed by atoms with van der Waals surface area (Å²) in [6.45, 7) is 5.51. The minimum Gasteiger partial charge on any atom is -0.384 e. The molecule has 0 radical (unpaired) electrons. The number of hydrogen-bond acceptors (Lipinski definition) is 1. The summed E-state index contributed by atoms with van der Waals surface area (Å²) in [5.74, 6) is 0.606. The van der Waals surface area contributed by atoms with Crippen LogP contribution in [0.5, 0.6) is 0 Å². The number of fused-ring (bicyclic) bond motifs is 1. The molecule has 0 aliphatic carbocycles.